The van der Waals surface area contributed by atoms with Crippen molar-refractivity contribution in [1.82, 2.24) is 4.98 Å². The van der Waals surface area contributed by atoms with E-state index in [2.05, 4.69) is 26.2 Å². The van der Waals surface area contributed by atoms with Crippen molar-refractivity contribution in [3.63, 3.8) is 0 Å². The van der Waals surface area contributed by atoms with E-state index < -0.39 is 21.7 Å². The van der Waals surface area contributed by atoms with E-state index in [0.29, 0.717) is 5.69 Å². The molecule has 3 rings (SSSR count). The zero-order chi connectivity index (χ0) is 22.8. The van der Waals surface area contributed by atoms with Gasteiger partial charge in [0.05, 0.1) is 17.2 Å². The first-order chi connectivity index (χ1) is 14.6. The van der Waals surface area contributed by atoms with Crippen LogP contribution in [-0.4, -0.2) is 31.9 Å². The molecule has 0 bridgehead atoms. The number of nitrogens with one attached hydrogen (secondary N) is 1. The molecular formula is C20H19BrN2O6S2. The van der Waals surface area contributed by atoms with E-state index in [9.17, 15) is 18.0 Å². The summed E-state index contributed by atoms with van der Waals surface area (Å²) in [6.07, 6.45) is 0. The number of hydrogen-bond donors (Lipinski definition) is 1. The van der Waals surface area contributed by atoms with Crippen LogP contribution in [0.5, 0.6) is 0 Å². The highest BCUT2D eigenvalue weighted by Gasteiger charge is 2.25. The Kier molecular flexibility index (Phi) is 6.97. The zero-order valence-corrected chi connectivity index (χ0v) is 20.1. The van der Waals surface area contributed by atoms with Gasteiger partial charge in [-0.15, -0.1) is 0 Å². The SMILES string of the molecule is Cc1nc(NC(=O)c2ccc(S(=O)(=O)c3ccc(Br)cc3)o2)sc1C(=O)OCC(C)C. The second-order valence-electron chi connectivity index (χ2n) is 6.96. The van der Waals surface area contributed by atoms with E-state index in [1.54, 1.807) is 19.1 Å². The van der Waals surface area contributed by atoms with Crippen molar-refractivity contribution in [3.8, 4) is 0 Å². The van der Waals surface area contributed by atoms with Crippen LogP contribution in [0.3, 0.4) is 0 Å². The second kappa shape index (κ2) is 9.33. The van der Waals surface area contributed by atoms with Gasteiger partial charge in [0, 0.05) is 4.47 Å². The first kappa shape index (κ1) is 23.2. The molecule has 0 spiro atoms. The minimum absolute atomic E-state index is 0.0390. The van der Waals surface area contributed by atoms with Crippen LogP contribution in [0.15, 0.2) is 55.3 Å². The van der Waals surface area contributed by atoms with Gasteiger partial charge in [0.1, 0.15) is 4.88 Å². The Labute approximate surface area is 191 Å². The molecule has 0 unspecified atom stereocenters. The van der Waals surface area contributed by atoms with Crippen LogP contribution in [-0.2, 0) is 14.6 Å². The normalized spacial score (nSPS) is 11.5. The minimum atomic E-state index is -3.91. The number of benzene rings is 1. The van der Waals surface area contributed by atoms with Gasteiger partial charge >= 0.3 is 5.97 Å². The molecule has 1 aromatic carbocycles. The smallest absolute Gasteiger partial charge is 0.350 e. The van der Waals surface area contributed by atoms with Crippen molar-refractivity contribution in [2.45, 2.75) is 30.8 Å². The maximum absolute atomic E-state index is 12.7. The summed E-state index contributed by atoms with van der Waals surface area (Å²) in [5.41, 5.74) is 0.423. The summed E-state index contributed by atoms with van der Waals surface area (Å²) in [7, 11) is -3.91. The molecule has 1 N–H and O–H groups in total. The summed E-state index contributed by atoms with van der Waals surface area (Å²) in [5.74, 6) is -1.20. The number of carbonyl (C=O) groups is 2. The van der Waals surface area contributed by atoms with Gasteiger partial charge in [-0.1, -0.05) is 41.1 Å². The van der Waals surface area contributed by atoms with E-state index in [0.717, 1.165) is 15.8 Å². The van der Waals surface area contributed by atoms with Crippen LogP contribution in [0.25, 0.3) is 0 Å². The molecule has 0 saturated carbocycles. The number of hydrogen-bond acceptors (Lipinski definition) is 8. The molecular weight excluding hydrogens is 508 g/mol. The van der Waals surface area contributed by atoms with Crippen molar-refractivity contribution >= 4 is 54.1 Å². The predicted molar refractivity (Wildman–Crippen MR) is 118 cm³/mol. The highest BCUT2D eigenvalue weighted by molar-refractivity contribution is 9.10. The molecule has 0 radical (unpaired) electrons. The predicted octanol–water partition coefficient (Wildman–Crippen LogP) is 4.70. The second-order valence-corrected chi connectivity index (χ2v) is 10.8. The van der Waals surface area contributed by atoms with Gasteiger partial charge in [0.25, 0.3) is 5.91 Å². The molecule has 1 amide bonds. The molecule has 0 atom stereocenters. The molecule has 0 aliphatic carbocycles. The van der Waals surface area contributed by atoms with E-state index in [-0.39, 0.29) is 38.3 Å². The molecule has 0 saturated heterocycles. The number of thiazole rings is 1. The molecule has 0 aliphatic rings. The van der Waals surface area contributed by atoms with Gasteiger partial charge in [-0.05, 0) is 49.2 Å². The molecule has 0 aliphatic heterocycles. The Morgan fingerprint density at radius 3 is 2.52 bits per heavy atom. The third-order valence-electron chi connectivity index (χ3n) is 3.94. The number of furan rings is 1. The Morgan fingerprint density at radius 1 is 1.19 bits per heavy atom. The lowest BCUT2D eigenvalue weighted by molar-refractivity contribution is 0.0463. The standard InChI is InChI=1S/C20H19BrN2O6S2/c1-11(2)10-28-19(25)17-12(3)22-20(30-17)23-18(24)15-8-9-16(29-15)31(26,27)14-6-4-13(21)5-7-14/h4-9,11H,10H2,1-3H3,(H,22,23,24). The van der Waals surface area contributed by atoms with E-state index in [1.807, 2.05) is 13.8 Å². The number of sulfone groups is 1. The van der Waals surface area contributed by atoms with Gasteiger partial charge in [-0.25, -0.2) is 18.2 Å². The Hall–Kier alpha value is -2.50. The molecule has 8 nitrogen and oxygen atoms in total. The summed E-state index contributed by atoms with van der Waals surface area (Å²) in [6.45, 7) is 5.76. The Bertz CT molecular complexity index is 1210. The van der Waals surface area contributed by atoms with Gasteiger partial charge < -0.3 is 9.15 Å². The van der Waals surface area contributed by atoms with Crippen molar-refractivity contribution in [1.29, 1.82) is 0 Å². The Balaban J connectivity index is 1.74. The monoisotopic (exact) mass is 526 g/mol. The molecule has 164 valence electrons. The molecule has 3 aromatic rings. The largest absolute Gasteiger partial charge is 0.461 e. The molecule has 11 heteroatoms. The molecule has 2 aromatic heterocycles. The van der Waals surface area contributed by atoms with Gasteiger partial charge in [0.2, 0.25) is 14.9 Å². The lowest BCUT2D eigenvalue weighted by atomic mass is 10.2. The number of halogens is 1. The van der Waals surface area contributed by atoms with Crippen LogP contribution >= 0.6 is 27.3 Å². The number of carbonyl (C=O) groups excluding carboxylic acids is 2. The van der Waals surface area contributed by atoms with Crippen LogP contribution in [0.4, 0.5) is 5.13 Å². The van der Waals surface area contributed by atoms with Gasteiger partial charge in [-0.3, -0.25) is 10.1 Å². The fourth-order valence-electron chi connectivity index (χ4n) is 2.42. The fourth-order valence-corrected chi connectivity index (χ4v) is 4.72. The number of amides is 1. The average Bonchev–Trinajstić information content (AvgIpc) is 3.34. The van der Waals surface area contributed by atoms with Crippen molar-refractivity contribution in [2.75, 3.05) is 11.9 Å². The third kappa shape index (κ3) is 5.41. The maximum atomic E-state index is 12.7. The molecule has 31 heavy (non-hydrogen) atoms. The first-order valence-electron chi connectivity index (χ1n) is 9.14. The highest BCUT2D eigenvalue weighted by Crippen LogP contribution is 2.27. The van der Waals surface area contributed by atoms with Crippen LogP contribution in [0.1, 0.15) is 39.8 Å². The van der Waals surface area contributed by atoms with Gasteiger partial charge in [-0.2, -0.15) is 0 Å². The summed E-state index contributed by atoms with van der Waals surface area (Å²) in [6, 6.07) is 8.53. The number of rotatable bonds is 7. The fraction of sp³-hybridized carbons (Fsp3) is 0.250. The number of aromatic nitrogens is 1. The van der Waals surface area contributed by atoms with Crippen molar-refractivity contribution in [2.24, 2.45) is 5.92 Å². The highest BCUT2D eigenvalue weighted by atomic mass is 79.9. The lowest BCUT2D eigenvalue weighted by Gasteiger charge is -2.05. The minimum Gasteiger partial charge on any atom is -0.461 e. The van der Waals surface area contributed by atoms with E-state index in [1.165, 1.54) is 24.3 Å². The number of esters is 1. The summed E-state index contributed by atoms with van der Waals surface area (Å²) >= 11 is 4.22. The quantitative estimate of drug-likeness (QED) is 0.443. The van der Waals surface area contributed by atoms with E-state index >= 15 is 0 Å². The van der Waals surface area contributed by atoms with Crippen LogP contribution in [0.2, 0.25) is 0 Å². The summed E-state index contributed by atoms with van der Waals surface area (Å²) < 4.78 is 36.6. The summed E-state index contributed by atoms with van der Waals surface area (Å²) in [5, 5.41) is 2.34. The Morgan fingerprint density at radius 2 is 1.87 bits per heavy atom. The number of ether oxygens (including phenoxy) is 1. The average molecular weight is 527 g/mol. The third-order valence-corrected chi connectivity index (χ3v) is 7.17. The number of aryl methyl sites for hydroxylation is 1. The van der Waals surface area contributed by atoms with Crippen LogP contribution < -0.4 is 5.32 Å². The first-order valence-corrected chi connectivity index (χ1v) is 12.2. The van der Waals surface area contributed by atoms with Crippen molar-refractivity contribution < 1.29 is 27.2 Å². The molecule has 0 fully saturated rings. The number of nitrogens with zero attached hydrogens (tertiary/aromatic N) is 1. The number of anilines is 1. The zero-order valence-electron chi connectivity index (χ0n) is 16.8. The van der Waals surface area contributed by atoms with E-state index in [4.69, 9.17) is 9.15 Å². The molecule has 2 heterocycles. The maximum Gasteiger partial charge on any atom is 0.350 e. The topological polar surface area (TPSA) is 116 Å². The van der Waals surface area contributed by atoms with Crippen LogP contribution in [0, 0.1) is 12.8 Å². The van der Waals surface area contributed by atoms with Gasteiger partial charge in [0.15, 0.2) is 10.9 Å². The summed E-state index contributed by atoms with van der Waals surface area (Å²) in [4.78, 5) is 29.1. The lowest BCUT2D eigenvalue weighted by Crippen LogP contribution is -2.10. The van der Waals surface area contributed by atoms with Crippen molar-refractivity contribution in [3.05, 3.63) is 57.2 Å².